The van der Waals surface area contributed by atoms with Crippen LogP contribution in [0.1, 0.15) is 31.4 Å². The molecule has 0 saturated heterocycles. The Hall–Kier alpha value is -1.76. The first kappa shape index (κ1) is 11.1. The summed E-state index contributed by atoms with van der Waals surface area (Å²) in [5, 5.41) is 2.78. The molecule has 0 aliphatic heterocycles. The van der Waals surface area contributed by atoms with Crippen LogP contribution in [0.5, 0.6) is 0 Å². The number of benzene rings is 1. The minimum atomic E-state index is 0.312. The number of para-hydroxylation sites is 1. The molecule has 19 heavy (non-hydrogen) atoms. The van der Waals surface area contributed by atoms with Crippen molar-refractivity contribution in [3.8, 4) is 0 Å². The quantitative estimate of drug-likeness (QED) is 0.569. The number of nitrogens with zero attached hydrogens (tertiary/aromatic N) is 1. The van der Waals surface area contributed by atoms with Gasteiger partial charge in [0.2, 0.25) is 0 Å². The van der Waals surface area contributed by atoms with Crippen LogP contribution in [0.4, 0.5) is 0 Å². The lowest BCUT2D eigenvalue weighted by Gasteiger charge is -2.24. The van der Waals surface area contributed by atoms with E-state index in [0.29, 0.717) is 5.41 Å². The van der Waals surface area contributed by atoms with Crippen LogP contribution in [0.25, 0.3) is 22.5 Å². The van der Waals surface area contributed by atoms with E-state index in [-0.39, 0.29) is 0 Å². The van der Waals surface area contributed by atoms with E-state index < -0.39 is 0 Å². The van der Waals surface area contributed by atoms with Crippen molar-refractivity contribution in [2.45, 2.75) is 33.6 Å². The average molecular weight is 249 g/mol. The van der Waals surface area contributed by atoms with E-state index in [1.807, 2.05) is 0 Å². The Morgan fingerprint density at radius 3 is 2.74 bits per heavy atom. The molecule has 1 heteroatoms. The van der Waals surface area contributed by atoms with Gasteiger partial charge in [0.05, 0.1) is 11.0 Å². The van der Waals surface area contributed by atoms with Gasteiger partial charge in [-0.3, -0.25) is 0 Å². The van der Waals surface area contributed by atoms with Gasteiger partial charge in [-0.25, -0.2) is 0 Å². The predicted octanol–water partition coefficient (Wildman–Crippen LogP) is 3.87. The van der Waals surface area contributed by atoms with Crippen LogP contribution >= 0.6 is 0 Å². The summed E-state index contributed by atoms with van der Waals surface area (Å²) in [5.41, 5.74) is 6.07. The van der Waals surface area contributed by atoms with Gasteiger partial charge in [0.1, 0.15) is 0 Å². The second-order valence-corrected chi connectivity index (χ2v) is 6.55. The molecular weight excluding hydrogens is 230 g/mol. The van der Waals surface area contributed by atoms with Gasteiger partial charge in [-0.05, 0) is 48.4 Å². The van der Waals surface area contributed by atoms with Crippen molar-refractivity contribution in [1.29, 1.82) is 0 Å². The molecule has 4 rings (SSSR count). The minimum Gasteiger partial charge on any atom is -0.310 e. The lowest BCUT2D eigenvalue weighted by Crippen LogP contribution is -2.25. The molecule has 1 nitrogen and oxygen atoms in total. The highest BCUT2D eigenvalue weighted by Gasteiger charge is 2.24. The molecule has 2 heterocycles. The lowest BCUT2D eigenvalue weighted by molar-refractivity contribution is 0.457. The zero-order chi connectivity index (χ0) is 13.2. The normalized spacial score (nSPS) is 17.6. The van der Waals surface area contributed by atoms with Crippen LogP contribution in [0.2, 0.25) is 0 Å². The van der Waals surface area contributed by atoms with Gasteiger partial charge in [0.25, 0.3) is 0 Å². The molecule has 96 valence electrons. The van der Waals surface area contributed by atoms with Crippen LogP contribution in [-0.4, -0.2) is 4.40 Å². The topological polar surface area (TPSA) is 4.41 Å². The first-order valence-corrected chi connectivity index (χ1v) is 7.11. The molecule has 0 radical (unpaired) electrons. The summed E-state index contributed by atoms with van der Waals surface area (Å²) in [7, 11) is 0. The van der Waals surface area contributed by atoms with Crippen LogP contribution < -0.4 is 5.35 Å². The minimum absolute atomic E-state index is 0.312. The fourth-order valence-corrected chi connectivity index (χ4v) is 3.53. The van der Waals surface area contributed by atoms with E-state index in [0.717, 1.165) is 0 Å². The van der Waals surface area contributed by atoms with E-state index in [4.69, 9.17) is 0 Å². The summed E-state index contributed by atoms with van der Waals surface area (Å²) in [5.74, 6) is 0. The number of hydrogen-bond acceptors (Lipinski definition) is 0. The van der Waals surface area contributed by atoms with E-state index in [1.54, 1.807) is 5.56 Å². The Labute approximate surface area is 113 Å². The fourth-order valence-electron chi connectivity index (χ4n) is 3.53. The van der Waals surface area contributed by atoms with Gasteiger partial charge in [-0.1, -0.05) is 38.1 Å². The number of aryl methyl sites for hydroxylation is 1. The van der Waals surface area contributed by atoms with Crippen molar-refractivity contribution < 1.29 is 0 Å². The molecule has 3 aromatic rings. The molecule has 0 bridgehead atoms. The Morgan fingerprint density at radius 1 is 1.11 bits per heavy atom. The molecule has 0 spiro atoms. The number of fused-ring (bicyclic) bond motifs is 5. The maximum absolute atomic E-state index is 2.47. The van der Waals surface area contributed by atoms with E-state index in [1.165, 1.54) is 40.2 Å². The maximum Gasteiger partial charge on any atom is 0.0534 e. The third-order valence-electron chi connectivity index (χ3n) is 4.64. The second kappa shape index (κ2) is 3.41. The van der Waals surface area contributed by atoms with Gasteiger partial charge < -0.3 is 4.40 Å². The number of aromatic nitrogens is 1. The second-order valence-electron chi connectivity index (χ2n) is 6.55. The summed E-state index contributed by atoms with van der Waals surface area (Å²) in [4.78, 5) is 0. The number of rotatable bonds is 0. The summed E-state index contributed by atoms with van der Waals surface area (Å²) in [6.45, 7) is 6.96. The summed E-state index contributed by atoms with van der Waals surface area (Å²) in [6.07, 6.45) is 4.94. The van der Waals surface area contributed by atoms with E-state index in [2.05, 4.69) is 61.6 Å². The Kier molecular flexibility index (Phi) is 1.99. The Morgan fingerprint density at radius 2 is 1.89 bits per heavy atom. The molecule has 1 aliphatic carbocycles. The molecule has 1 aromatic carbocycles. The zero-order valence-corrected chi connectivity index (χ0v) is 11.8. The molecule has 0 unspecified atom stereocenters. The first-order chi connectivity index (χ1) is 9.07. The van der Waals surface area contributed by atoms with Crippen molar-refractivity contribution in [3.63, 3.8) is 0 Å². The van der Waals surface area contributed by atoms with Gasteiger partial charge in [0.15, 0.2) is 0 Å². The fraction of sp³-hybridized carbons (Fsp3) is 0.333. The third-order valence-corrected chi connectivity index (χ3v) is 4.64. The smallest absolute Gasteiger partial charge is 0.0534 e. The van der Waals surface area contributed by atoms with Gasteiger partial charge in [0, 0.05) is 10.7 Å². The van der Waals surface area contributed by atoms with Crippen molar-refractivity contribution >= 4 is 22.5 Å². The Balaban J connectivity index is 2.26. The molecule has 0 amide bonds. The maximum atomic E-state index is 2.47. The van der Waals surface area contributed by atoms with Crippen LogP contribution in [0, 0.1) is 12.3 Å². The molecule has 0 fully saturated rings. The highest BCUT2D eigenvalue weighted by molar-refractivity contribution is 5.89. The van der Waals surface area contributed by atoms with Crippen LogP contribution in [0.3, 0.4) is 0 Å². The van der Waals surface area contributed by atoms with Crippen molar-refractivity contribution in [2.24, 2.45) is 5.41 Å². The number of hydrogen-bond donors (Lipinski definition) is 0. The predicted molar refractivity (Wildman–Crippen MR) is 81.4 cm³/mol. The van der Waals surface area contributed by atoms with Crippen molar-refractivity contribution in [2.75, 3.05) is 0 Å². The van der Waals surface area contributed by atoms with Gasteiger partial charge >= 0.3 is 0 Å². The molecule has 0 N–H and O–H groups in total. The average Bonchev–Trinajstić information content (AvgIpc) is 2.86. The van der Waals surface area contributed by atoms with Gasteiger partial charge in [-0.2, -0.15) is 0 Å². The molecule has 0 saturated carbocycles. The Bertz CT molecular complexity index is 849. The largest absolute Gasteiger partial charge is 0.310 e. The summed E-state index contributed by atoms with van der Waals surface area (Å²) in [6, 6.07) is 11.0. The molecule has 1 aliphatic rings. The molecular formula is C18H19N. The van der Waals surface area contributed by atoms with Crippen LogP contribution in [0.15, 0.2) is 30.3 Å². The third kappa shape index (κ3) is 1.42. The lowest BCUT2D eigenvalue weighted by atomic mass is 9.81. The zero-order valence-electron chi connectivity index (χ0n) is 11.8. The van der Waals surface area contributed by atoms with E-state index >= 15 is 0 Å². The first-order valence-electron chi connectivity index (χ1n) is 7.11. The van der Waals surface area contributed by atoms with Crippen molar-refractivity contribution in [1.82, 2.24) is 4.40 Å². The van der Waals surface area contributed by atoms with Crippen molar-refractivity contribution in [3.05, 3.63) is 46.8 Å². The molecule has 2 aromatic heterocycles. The highest BCUT2D eigenvalue weighted by Crippen LogP contribution is 2.32. The van der Waals surface area contributed by atoms with E-state index in [9.17, 15) is 0 Å². The SMILES string of the molecule is Cc1c2c(n3c1cc1ccccc13)=CC(C)(C)CC2. The monoisotopic (exact) mass is 249 g/mol. The summed E-state index contributed by atoms with van der Waals surface area (Å²) >= 11 is 0. The molecule has 0 atom stereocenters. The van der Waals surface area contributed by atoms with Gasteiger partial charge in [-0.15, -0.1) is 0 Å². The standard InChI is InChI=1S/C18H19N/c1-12-14-8-9-18(2,3)11-17(14)19-15-7-5-4-6-13(15)10-16(12)19/h4-7,10-11H,8-9H2,1-3H3. The van der Waals surface area contributed by atoms with Crippen LogP contribution in [-0.2, 0) is 6.42 Å². The highest BCUT2D eigenvalue weighted by atomic mass is 14.9. The summed E-state index contributed by atoms with van der Waals surface area (Å²) < 4.78 is 2.46.